The summed E-state index contributed by atoms with van der Waals surface area (Å²) in [6.45, 7) is 5.02. The first-order valence-electron chi connectivity index (χ1n) is 13.2. The van der Waals surface area contributed by atoms with Gasteiger partial charge in [-0.3, -0.25) is 14.4 Å². The minimum atomic E-state index is -0.262. The first-order chi connectivity index (χ1) is 19.2. The van der Waals surface area contributed by atoms with Gasteiger partial charge < -0.3 is 29.1 Å². The molecule has 5 rings (SSSR count). The van der Waals surface area contributed by atoms with Crippen LogP contribution in [0.1, 0.15) is 45.5 Å². The van der Waals surface area contributed by atoms with E-state index in [1.807, 2.05) is 6.92 Å². The molecule has 1 aromatic carbocycles. The number of nitrogens with one attached hydrogen (secondary N) is 1. The average molecular weight is 552 g/mol. The fraction of sp³-hybridized carbons (Fsp3) is 0.481. The number of methoxy groups -OCH3 is 1. The number of rotatable bonds is 3. The van der Waals surface area contributed by atoms with Crippen LogP contribution in [0.3, 0.4) is 0 Å². The third-order valence-electron chi connectivity index (χ3n) is 7.52. The van der Waals surface area contributed by atoms with Crippen LogP contribution in [-0.4, -0.2) is 88.0 Å². The van der Waals surface area contributed by atoms with Crippen LogP contribution in [-0.2, 0) is 22.6 Å². The number of aryl methyl sites for hydroxylation is 2. The van der Waals surface area contributed by atoms with E-state index in [0.29, 0.717) is 53.8 Å². The topological polar surface area (TPSA) is 145 Å². The quantitative estimate of drug-likeness (QED) is 0.509. The Morgan fingerprint density at radius 1 is 1.23 bits per heavy atom. The van der Waals surface area contributed by atoms with Gasteiger partial charge in [-0.1, -0.05) is 16.4 Å². The summed E-state index contributed by atoms with van der Waals surface area (Å²) < 4.78 is 18.4. The summed E-state index contributed by atoms with van der Waals surface area (Å²) in [4.78, 5) is 42.7. The lowest BCUT2D eigenvalue weighted by molar-refractivity contribution is -0.130. The summed E-state index contributed by atoms with van der Waals surface area (Å²) in [7, 11) is 3.18. The Morgan fingerprint density at radius 2 is 2.05 bits per heavy atom. The number of nitrogens with zero attached hydrogens (tertiary/aromatic N) is 6. The van der Waals surface area contributed by atoms with Gasteiger partial charge in [0.25, 0.3) is 5.91 Å². The van der Waals surface area contributed by atoms with Gasteiger partial charge in [0, 0.05) is 51.1 Å². The molecule has 2 atom stereocenters. The second-order valence-electron chi connectivity index (χ2n) is 10.2. The molecule has 40 heavy (non-hydrogen) atoms. The monoisotopic (exact) mass is 551 g/mol. The zero-order valence-corrected chi connectivity index (χ0v) is 23.0. The minimum Gasteiger partial charge on any atom is -0.493 e. The summed E-state index contributed by atoms with van der Waals surface area (Å²) in [5.41, 5.74) is 2.35. The number of para-hydroxylation sites is 1. The molecule has 2 aliphatic rings. The molecule has 0 radical (unpaired) electrons. The van der Waals surface area contributed by atoms with Gasteiger partial charge in [-0.2, -0.15) is 0 Å². The van der Waals surface area contributed by atoms with E-state index < -0.39 is 0 Å². The molecular formula is C27H33N7O6. The van der Waals surface area contributed by atoms with Crippen LogP contribution in [0, 0.1) is 19.8 Å². The van der Waals surface area contributed by atoms with Crippen molar-refractivity contribution in [1.29, 1.82) is 0 Å². The van der Waals surface area contributed by atoms with Gasteiger partial charge in [-0.25, -0.2) is 4.68 Å². The molecule has 0 unspecified atom stereocenters. The molecule has 2 bridgehead atoms. The molecule has 3 aromatic rings. The van der Waals surface area contributed by atoms with Gasteiger partial charge in [-0.15, -0.1) is 5.10 Å². The molecule has 3 amide bonds. The average Bonchev–Trinajstić information content (AvgIpc) is 3.66. The largest absolute Gasteiger partial charge is 0.493 e. The fourth-order valence-corrected chi connectivity index (χ4v) is 5.24. The van der Waals surface area contributed by atoms with Crippen molar-refractivity contribution in [3.8, 4) is 11.5 Å². The maximum absolute atomic E-state index is 13.3. The molecular weight excluding hydrogens is 518 g/mol. The molecule has 0 spiro atoms. The number of likely N-dealkylation sites (N-methyl/N-ethyl adjacent to an activating group) is 1. The SMILES string of the molecule is COc1cccc2c1OCc1cn(nn1)[C@@H]1CN(C(=O)Cc3c(C)noc3C)C[C@@H]1CC(=O)NCCN(C)C2=O. The van der Waals surface area contributed by atoms with Crippen molar-refractivity contribution in [1.82, 2.24) is 35.3 Å². The molecule has 13 nitrogen and oxygen atoms in total. The number of aromatic nitrogens is 4. The highest BCUT2D eigenvalue weighted by atomic mass is 16.5. The Bertz CT molecular complexity index is 1400. The van der Waals surface area contributed by atoms with Crippen LogP contribution in [0.2, 0.25) is 0 Å². The third-order valence-corrected chi connectivity index (χ3v) is 7.52. The maximum Gasteiger partial charge on any atom is 0.257 e. The molecule has 0 saturated carbocycles. The van der Waals surface area contributed by atoms with E-state index in [0.717, 1.165) is 5.56 Å². The summed E-state index contributed by atoms with van der Waals surface area (Å²) in [6.07, 6.45) is 2.13. The smallest absolute Gasteiger partial charge is 0.257 e. The number of amides is 3. The molecule has 1 saturated heterocycles. The number of likely N-dealkylation sites (tertiary alicyclic amines) is 1. The fourth-order valence-electron chi connectivity index (χ4n) is 5.24. The number of benzene rings is 1. The summed E-state index contributed by atoms with van der Waals surface area (Å²) in [5.74, 6) is 0.679. The zero-order valence-electron chi connectivity index (χ0n) is 23.0. The number of hydrogen-bond donors (Lipinski definition) is 1. The molecule has 2 aliphatic heterocycles. The molecule has 13 heteroatoms. The van der Waals surface area contributed by atoms with Crippen molar-refractivity contribution >= 4 is 17.7 Å². The lowest BCUT2D eigenvalue weighted by Gasteiger charge is -2.21. The lowest BCUT2D eigenvalue weighted by Crippen LogP contribution is -2.37. The Morgan fingerprint density at radius 3 is 2.80 bits per heavy atom. The summed E-state index contributed by atoms with van der Waals surface area (Å²) >= 11 is 0. The standard InChI is InChI=1S/C27H33N7O6/c1-16-21(17(2)40-30-16)11-25(36)33-12-18-10-24(35)28-8-9-32(3)27(37)20-6-5-7-23(38-4)26(20)39-15-19-13-34(31-29-19)22(18)14-33/h5-7,13,18,22H,8-12,14-15H2,1-4H3,(H,28,35)/t18-,22+/m0/s1. The van der Waals surface area contributed by atoms with E-state index in [9.17, 15) is 14.4 Å². The highest BCUT2D eigenvalue weighted by Crippen LogP contribution is 2.34. The molecule has 1 N–H and O–H groups in total. The van der Waals surface area contributed by atoms with Crippen molar-refractivity contribution in [3.05, 3.63) is 52.7 Å². The summed E-state index contributed by atoms with van der Waals surface area (Å²) in [5, 5.41) is 15.5. The van der Waals surface area contributed by atoms with Gasteiger partial charge in [-0.05, 0) is 26.0 Å². The molecule has 0 aliphatic carbocycles. The first-order valence-corrected chi connectivity index (χ1v) is 13.2. The van der Waals surface area contributed by atoms with Crippen LogP contribution in [0.15, 0.2) is 28.9 Å². The van der Waals surface area contributed by atoms with Gasteiger partial charge in [0.2, 0.25) is 11.8 Å². The van der Waals surface area contributed by atoms with Crippen molar-refractivity contribution in [2.45, 2.75) is 39.3 Å². The maximum atomic E-state index is 13.3. The number of ether oxygens (including phenoxy) is 2. The van der Waals surface area contributed by atoms with Crippen LogP contribution >= 0.6 is 0 Å². The van der Waals surface area contributed by atoms with E-state index in [1.165, 1.54) is 12.0 Å². The predicted molar refractivity (Wildman–Crippen MR) is 141 cm³/mol. The first kappa shape index (κ1) is 27.2. The van der Waals surface area contributed by atoms with Crippen LogP contribution in [0.25, 0.3) is 0 Å². The van der Waals surface area contributed by atoms with Crippen molar-refractivity contribution < 1.29 is 28.4 Å². The molecule has 4 heterocycles. The number of hydrogen-bond acceptors (Lipinski definition) is 9. The minimum absolute atomic E-state index is 0.0525. The highest BCUT2D eigenvalue weighted by molar-refractivity contribution is 5.97. The van der Waals surface area contributed by atoms with E-state index >= 15 is 0 Å². The Kier molecular flexibility index (Phi) is 7.71. The zero-order chi connectivity index (χ0) is 28.4. The normalized spacial score (nSPS) is 20.0. The van der Waals surface area contributed by atoms with Gasteiger partial charge in [0.15, 0.2) is 11.5 Å². The van der Waals surface area contributed by atoms with E-state index in [4.69, 9.17) is 14.0 Å². The van der Waals surface area contributed by atoms with Gasteiger partial charge in [0.05, 0.1) is 37.0 Å². The lowest BCUT2D eigenvalue weighted by atomic mass is 9.99. The molecule has 2 aromatic heterocycles. The summed E-state index contributed by atoms with van der Waals surface area (Å²) in [6, 6.07) is 4.87. The predicted octanol–water partition coefficient (Wildman–Crippen LogP) is 1.30. The third kappa shape index (κ3) is 5.49. The van der Waals surface area contributed by atoms with Crippen LogP contribution < -0.4 is 14.8 Å². The van der Waals surface area contributed by atoms with Gasteiger partial charge in [0.1, 0.15) is 18.1 Å². The van der Waals surface area contributed by atoms with Crippen molar-refractivity contribution in [2.24, 2.45) is 5.92 Å². The Hall–Kier alpha value is -4.42. The van der Waals surface area contributed by atoms with Gasteiger partial charge >= 0.3 is 0 Å². The van der Waals surface area contributed by atoms with Crippen molar-refractivity contribution in [2.75, 3.05) is 40.3 Å². The highest BCUT2D eigenvalue weighted by Gasteiger charge is 2.38. The van der Waals surface area contributed by atoms with E-state index in [-0.39, 0.29) is 55.7 Å². The molecule has 1 fully saturated rings. The van der Waals surface area contributed by atoms with Crippen LogP contribution in [0.5, 0.6) is 11.5 Å². The van der Waals surface area contributed by atoms with Crippen molar-refractivity contribution in [3.63, 3.8) is 0 Å². The number of carbonyl (C=O) groups excluding carboxylic acids is 3. The van der Waals surface area contributed by atoms with E-state index in [2.05, 4.69) is 20.8 Å². The molecule has 212 valence electrons. The Balaban J connectivity index is 1.41. The van der Waals surface area contributed by atoms with Crippen LogP contribution in [0.4, 0.5) is 0 Å². The second kappa shape index (κ2) is 11.4. The number of fused-ring (bicyclic) bond motifs is 5. The number of carbonyl (C=O) groups is 3. The second-order valence-corrected chi connectivity index (χ2v) is 10.2. The van der Waals surface area contributed by atoms with E-state index in [1.54, 1.807) is 47.9 Å². The Labute approximate surface area is 231 Å².